The molecule has 0 bridgehead atoms. The summed E-state index contributed by atoms with van der Waals surface area (Å²) in [6.07, 6.45) is 0. The van der Waals surface area contributed by atoms with Gasteiger partial charge in [-0.05, 0) is 6.07 Å². The van der Waals surface area contributed by atoms with E-state index in [-0.39, 0.29) is 40.3 Å². The predicted molar refractivity (Wildman–Crippen MR) is 99.9 cm³/mol. The Bertz CT molecular complexity index is 1090. The summed E-state index contributed by atoms with van der Waals surface area (Å²) in [5.41, 5.74) is 6.95. The summed E-state index contributed by atoms with van der Waals surface area (Å²) in [7, 11) is 0. The molecule has 0 radical (unpaired) electrons. The molecule has 1 heterocycles. The summed E-state index contributed by atoms with van der Waals surface area (Å²) in [5, 5.41) is 9.36. The number of anilines is 2. The molecule has 134 valence electrons. The zero-order chi connectivity index (χ0) is 19.0. The van der Waals surface area contributed by atoms with Gasteiger partial charge in [0.25, 0.3) is 0 Å². The molecule has 8 nitrogen and oxygen atoms in total. The van der Waals surface area contributed by atoms with Crippen LogP contribution in [-0.2, 0) is 4.79 Å². The van der Waals surface area contributed by atoms with Gasteiger partial charge < -0.3 is 11.1 Å². The summed E-state index contributed by atoms with van der Waals surface area (Å²) < 4.78 is 0. The van der Waals surface area contributed by atoms with Gasteiger partial charge in [-0.25, -0.2) is 5.10 Å². The number of amides is 1. The number of hydrogen-bond donors (Lipinski definition) is 3. The minimum absolute atomic E-state index is 0.0275. The van der Waals surface area contributed by atoms with Gasteiger partial charge >= 0.3 is 0 Å². The van der Waals surface area contributed by atoms with Crippen molar-refractivity contribution in [1.29, 1.82) is 0 Å². The van der Waals surface area contributed by atoms with E-state index in [1.165, 1.54) is 0 Å². The van der Waals surface area contributed by atoms with Crippen molar-refractivity contribution in [3.05, 3.63) is 64.7 Å². The van der Waals surface area contributed by atoms with E-state index in [0.29, 0.717) is 22.0 Å². The second-order valence-corrected chi connectivity index (χ2v) is 6.71. The Kier molecular flexibility index (Phi) is 4.21. The number of aromatic amines is 1. The van der Waals surface area contributed by atoms with E-state index in [1.54, 1.807) is 42.5 Å². The summed E-state index contributed by atoms with van der Waals surface area (Å²) in [6.45, 7) is 0. The average molecular weight is 379 g/mol. The number of carbonyl (C=O) groups excluding carboxylic acids is 3. The first-order chi connectivity index (χ1) is 13.0. The highest BCUT2D eigenvalue weighted by Gasteiger charge is 2.31. The quantitative estimate of drug-likeness (QED) is 0.461. The van der Waals surface area contributed by atoms with Crippen molar-refractivity contribution in [2.75, 3.05) is 16.8 Å². The zero-order valence-electron chi connectivity index (χ0n) is 13.9. The van der Waals surface area contributed by atoms with Gasteiger partial charge in [0.15, 0.2) is 11.6 Å². The molecule has 9 heteroatoms. The first-order valence-electron chi connectivity index (χ1n) is 7.96. The van der Waals surface area contributed by atoms with Crippen LogP contribution in [0.3, 0.4) is 0 Å². The number of nitrogens with two attached hydrogens (primary N) is 1. The monoisotopic (exact) mass is 379 g/mol. The molecule has 0 aliphatic heterocycles. The van der Waals surface area contributed by atoms with Crippen LogP contribution in [0, 0.1) is 0 Å². The maximum atomic E-state index is 12.9. The number of rotatable bonds is 4. The Balaban J connectivity index is 1.59. The van der Waals surface area contributed by atoms with Gasteiger partial charge in [0.1, 0.15) is 0 Å². The average Bonchev–Trinajstić information content (AvgIpc) is 3.10. The van der Waals surface area contributed by atoms with Crippen molar-refractivity contribution >= 4 is 40.9 Å². The van der Waals surface area contributed by atoms with Crippen molar-refractivity contribution < 1.29 is 14.4 Å². The van der Waals surface area contributed by atoms with Gasteiger partial charge in [-0.1, -0.05) is 48.2 Å². The van der Waals surface area contributed by atoms with Crippen LogP contribution in [-0.4, -0.2) is 38.4 Å². The van der Waals surface area contributed by atoms with Crippen LogP contribution in [0.2, 0.25) is 0 Å². The van der Waals surface area contributed by atoms with Crippen molar-refractivity contribution in [2.45, 2.75) is 5.16 Å². The SMILES string of the molecule is Nc1nc(SCC(=O)Nc2cccc3c2C(=O)c2ccccc2C3=O)n[nH]1. The molecule has 3 aromatic rings. The topological polar surface area (TPSA) is 131 Å². The van der Waals surface area contributed by atoms with Crippen LogP contribution in [0.25, 0.3) is 0 Å². The number of nitrogens with one attached hydrogen (secondary N) is 2. The van der Waals surface area contributed by atoms with Crippen molar-refractivity contribution in [3.8, 4) is 0 Å². The molecule has 1 aromatic heterocycles. The summed E-state index contributed by atoms with van der Waals surface area (Å²) in [6, 6.07) is 11.5. The summed E-state index contributed by atoms with van der Waals surface area (Å²) >= 11 is 1.10. The normalized spacial score (nSPS) is 12.4. The lowest BCUT2D eigenvalue weighted by atomic mass is 9.83. The fourth-order valence-electron chi connectivity index (χ4n) is 2.89. The van der Waals surface area contributed by atoms with E-state index in [0.717, 1.165) is 11.8 Å². The highest BCUT2D eigenvalue weighted by molar-refractivity contribution is 7.99. The minimum Gasteiger partial charge on any atom is -0.368 e. The maximum absolute atomic E-state index is 12.9. The number of hydrogen-bond acceptors (Lipinski definition) is 7. The molecule has 0 unspecified atom stereocenters. The minimum atomic E-state index is -0.351. The van der Waals surface area contributed by atoms with Crippen LogP contribution in [0.4, 0.5) is 11.6 Å². The van der Waals surface area contributed by atoms with Crippen molar-refractivity contribution in [1.82, 2.24) is 15.2 Å². The Morgan fingerprint density at radius 3 is 2.44 bits per heavy atom. The molecule has 4 N–H and O–H groups in total. The first kappa shape index (κ1) is 17.0. The Hall–Kier alpha value is -3.46. The first-order valence-corrected chi connectivity index (χ1v) is 8.95. The number of fused-ring (bicyclic) bond motifs is 2. The van der Waals surface area contributed by atoms with Gasteiger partial charge in [-0.15, -0.1) is 5.10 Å². The van der Waals surface area contributed by atoms with Crippen molar-refractivity contribution in [2.24, 2.45) is 0 Å². The number of nitrogens with zero attached hydrogens (tertiary/aromatic N) is 2. The lowest BCUT2D eigenvalue weighted by molar-refractivity contribution is -0.113. The number of thioether (sulfide) groups is 1. The number of nitrogen functional groups attached to an aromatic ring is 1. The van der Waals surface area contributed by atoms with Crippen LogP contribution in [0.5, 0.6) is 0 Å². The van der Waals surface area contributed by atoms with Crippen LogP contribution < -0.4 is 11.1 Å². The maximum Gasteiger partial charge on any atom is 0.234 e. The van der Waals surface area contributed by atoms with E-state index < -0.39 is 0 Å². The Morgan fingerprint density at radius 2 is 1.74 bits per heavy atom. The van der Waals surface area contributed by atoms with Gasteiger partial charge in [-0.2, -0.15) is 4.98 Å². The Morgan fingerprint density at radius 1 is 1.04 bits per heavy atom. The number of ketones is 2. The molecule has 1 aliphatic rings. The van der Waals surface area contributed by atoms with Crippen LogP contribution >= 0.6 is 11.8 Å². The van der Waals surface area contributed by atoms with Crippen molar-refractivity contribution in [3.63, 3.8) is 0 Å². The van der Waals surface area contributed by atoms with Gasteiger partial charge in [-0.3, -0.25) is 14.4 Å². The largest absolute Gasteiger partial charge is 0.368 e. The number of carbonyl (C=O) groups is 3. The molecule has 4 rings (SSSR count). The molecule has 0 saturated heterocycles. The van der Waals surface area contributed by atoms with E-state index in [9.17, 15) is 14.4 Å². The fraction of sp³-hybridized carbons (Fsp3) is 0.0556. The number of benzene rings is 2. The molecule has 0 saturated carbocycles. The smallest absolute Gasteiger partial charge is 0.234 e. The molecular formula is C18H13N5O3S. The van der Waals surface area contributed by atoms with Gasteiger partial charge in [0.2, 0.25) is 17.0 Å². The summed E-state index contributed by atoms with van der Waals surface area (Å²) in [4.78, 5) is 41.8. The van der Waals surface area contributed by atoms with Crippen LogP contribution in [0.1, 0.15) is 31.8 Å². The van der Waals surface area contributed by atoms with Gasteiger partial charge in [0, 0.05) is 16.7 Å². The number of H-pyrrole nitrogens is 1. The third-order valence-electron chi connectivity index (χ3n) is 4.04. The zero-order valence-corrected chi connectivity index (χ0v) is 14.7. The van der Waals surface area contributed by atoms with Gasteiger partial charge in [0.05, 0.1) is 17.0 Å². The molecule has 27 heavy (non-hydrogen) atoms. The second kappa shape index (κ2) is 6.69. The second-order valence-electron chi connectivity index (χ2n) is 5.77. The van der Waals surface area contributed by atoms with E-state index in [4.69, 9.17) is 5.73 Å². The molecule has 1 amide bonds. The van der Waals surface area contributed by atoms with Crippen LogP contribution in [0.15, 0.2) is 47.6 Å². The number of aromatic nitrogens is 3. The summed E-state index contributed by atoms with van der Waals surface area (Å²) in [5.74, 6) is -0.680. The molecule has 0 spiro atoms. The molecular weight excluding hydrogens is 366 g/mol. The Labute approximate surface area is 157 Å². The highest BCUT2D eigenvalue weighted by atomic mass is 32.2. The third kappa shape index (κ3) is 3.08. The lowest BCUT2D eigenvalue weighted by Gasteiger charge is -2.20. The molecule has 2 aromatic carbocycles. The molecule has 0 fully saturated rings. The molecule has 0 atom stereocenters. The molecule has 1 aliphatic carbocycles. The van der Waals surface area contributed by atoms with E-state index >= 15 is 0 Å². The lowest BCUT2D eigenvalue weighted by Crippen LogP contribution is -2.24. The van der Waals surface area contributed by atoms with E-state index in [2.05, 4.69) is 20.5 Å². The fourth-order valence-corrected chi connectivity index (χ4v) is 3.49. The standard InChI is InChI=1S/C18H13N5O3S/c19-17-21-18(23-22-17)27-8-13(24)20-12-7-3-6-11-14(12)16(26)10-5-2-1-4-9(10)15(11)25/h1-7H,8H2,(H,20,24)(H3,19,21,22,23). The highest BCUT2D eigenvalue weighted by Crippen LogP contribution is 2.32. The third-order valence-corrected chi connectivity index (χ3v) is 4.89. The van der Waals surface area contributed by atoms with E-state index in [1.807, 2.05) is 0 Å². The predicted octanol–water partition coefficient (Wildman–Crippen LogP) is 1.89.